The maximum Gasteiger partial charge on any atom is 0.148 e. The monoisotopic (exact) mass is 417 g/mol. The van der Waals surface area contributed by atoms with E-state index in [0.29, 0.717) is 12.1 Å². The number of halogens is 2. The van der Waals surface area contributed by atoms with Crippen molar-refractivity contribution in [2.75, 3.05) is 0 Å². The van der Waals surface area contributed by atoms with Crippen molar-refractivity contribution in [2.45, 2.75) is 65.1 Å². The number of nitrogens with one attached hydrogen (secondary N) is 1. The molecule has 21 heavy (non-hydrogen) atoms. The Hall–Kier alpha value is -0.0600. The summed E-state index contributed by atoms with van der Waals surface area (Å²) in [5, 5.41) is 3.44. The van der Waals surface area contributed by atoms with Gasteiger partial charge in [0.2, 0.25) is 0 Å². The van der Waals surface area contributed by atoms with Gasteiger partial charge < -0.3 is 10.1 Å². The molecule has 4 heteroatoms. The van der Waals surface area contributed by atoms with Crippen LogP contribution in [-0.4, -0.2) is 12.1 Å². The Labute approximate surface area is 145 Å². The summed E-state index contributed by atoms with van der Waals surface area (Å²) in [6.45, 7) is 7.52. The molecule has 0 unspecified atom stereocenters. The van der Waals surface area contributed by atoms with Crippen molar-refractivity contribution < 1.29 is 4.74 Å². The van der Waals surface area contributed by atoms with E-state index in [2.05, 4.69) is 70.1 Å². The lowest BCUT2D eigenvalue weighted by atomic mass is 9.89. The maximum absolute atomic E-state index is 6.23. The molecule has 2 rings (SSSR count). The fourth-order valence-corrected chi connectivity index (χ4v) is 4.13. The summed E-state index contributed by atoms with van der Waals surface area (Å²) in [4.78, 5) is 0. The van der Waals surface area contributed by atoms with Crippen LogP contribution in [0.1, 0.15) is 52.0 Å². The molecule has 0 atom stereocenters. The zero-order chi connectivity index (χ0) is 15.4. The number of rotatable bonds is 5. The zero-order valence-corrected chi connectivity index (χ0v) is 16.3. The highest BCUT2D eigenvalue weighted by atomic mass is 79.9. The van der Waals surface area contributed by atoms with Crippen LogP contribution in [0.5, 0.6) is 5.75 Å². The lowest BCUT2D eigenvalue weighted by Gasteiger charge is -2.27. The van der Waals surface area contributed by atoms with Crippen molar-refractivity contribution in [3.63, 3.8) is 0 Å². The van der Waals surface area contributed by atoms with Crippen molar-refractivity contribution in [1.82, 2.24) is 5.32 Å². The minimum atomic E-state index is 0.355. The number of hydrogen-bond acceptors (Lipinski definition) is 2. The normalized spacial score (nSPS) is 22.6. The Kier molecular flexibility index (Phi) is 6.57. The van der Waals surface area contributed by atoms with Crippen LogP contribution >= 0.6 is 31.9 Å². The smallest absolute Gasteiger partial charge is 0.148 e. The molecule has 1 fully saturated rings. The highest BCUT2D eigenvalue weighted by Crippen LogP contribution is 2.37. The Morgan fingerprint density at radius 3 is 2.24 bits per heavy atom. The predicted molar refractivity (Wildman–Crippen MR) is 95.9 cm³/mol. The molecule has 1 aliphatic carbocycles. The van der Waals surface area contributed by atoms with E-state index in [1.54, 1.807) is 0 Å². The first kappa shape index (κ1) is 17.3. The Morgan fingerprint density at radius 1 is 1.14 bits per heavy atom. The van der Waals surface area contributed by atoms with Gasteiger partial charge in [0.25, 0.3) is 0 Å². The predicted octanol–water partition coefficient (Wildman–Crippen LogP) is 5.67. The molecule has 1 aromatic rings. The third kappa shape index (κ3) is 5.26. The van der Waals surface area contributed by atoms with Gasteiger partial charge in [0.05, 0.1) is 15.0 Å². The van der Waals surface area contributed by atoms with Gasteiger partial charge in [-0.15, -0.1) is 0 Å². The SMILES string of the molecule is CC1CCC(Oc2c(Br)cc(CNC(C)C)cc2Br)CC1. The molecule has 0 aliphatic heterocycles. The molecule has 0 heterocycles. The second-order valence-corrected chi connectivity index (χ2v) is 8.13. The average Bonchev–Trinajstić information content (AvgIpc) is 2.42. The van der Waals surface area contributed by atoms with E-state index in [9.17, 15) is 0 Å². The second kappa shape index (κ2) is 7.98. The summed E-state index contributed by atoms with van der Waals surface area (Å²) in [6.07, 6.45) is 5.23. The van der Waals surface area contributed by atoms with Crippen LogP contribution in [0, 0.1) is 5.92 Å². The molecular weight excluding hydrogens is 394 g/mol. The van der Waals surface area contributed by atoms with E-state index < -0.39 is 0 Å². The van der Waals surface area contributed by atoms with Crippen molar-refractivity contribution in [3.05, 3.63) is 26.6 Å². The topological polar surface area (TPSA) is 21.3 Å². The third-order valence-corrected chi connectivity index (χ3v) is 5.20. The Bertz CT molecular complexity index is 445. The standard InChI is InChI=1S/C17H25Br2NO/c1-11(2)20-10-13-8-15(18)17(16(19)9-13)21-14-6-4-12(3)5-7-14/h8-9,11-12,14,20H,4-7,10H2,1-3H3. The van der Waals surface area contributed by atoms with Gasteiger partial charge in [0, 0.05) is 12.6 Å². The molecule has 118 valence electrons. The molecular formula is C17H25Br2NO. The summed E-state index contributed by atoms with van der Waals surface area (Å²) < 4.78 is 8.31. The molecule has 0 spiro atoms. The molecule has 1 N–H and O–H groups in total. The van der Waals surface area contributed by atoms with Crippen LogP contribution in [0.15, 0.2) is 21.1 Å². The Morgan fingerprint density at radius 2 is 1.71 bits per heavy atom. The van der Waals surface area contributed by atoms with Crippen molar-refractivity contribution in [3.8, 4) is 5.75 Å². The lowest BCUT2D eigenvalue weighted by Crippen LogP contribution is -2.23. The van der Waals surface area contributed by atoms with Gasteiger partial charge in [-0.1, -0.05) is 20.8 Å². The molecule has 0 saturated heterocycles. The van der Waals surface area contributed by atoms with E-state index in [4.69, 9.17) is 4.74 Å². The van der Waals surface area contributed by atoms with Gasteiger partial charge in [0.15, 0.2) is 0 Å². The van der Waals surface area contributed by atoms with Gasteiger partial charge in [-0.3, -0.25) is 0 Å². The fourth-order valence-electron chi connectivity index (χ4n) is 2.66. The van der Waals surface area contributed by atoms with Crippen LogP contribution in [0.2, 0.25) is 0 Å². The van der Waals surface area contributed by atoms with Crippen LogP contribution in [0.3, 0.4) is 0 Å². The van der Waals surface area contributed by atoms with E-state index in [-0.39, 0.29) is 0 Å². The fraction of sp³-hybridized carbons (Fsp3) is 0.647. The van der Waals surface area contributed by atoms with Gasteiger partial charge in [-0.05, 0) is 81.2 Å². The maximum atomic E-state index is 6.23. The van der Waals surface area contributed by atoms with Crippen molar-refractivity contribution in [1.29, 1.82) is 0 Å². The summed E-state index contributed by atoms with van der Waals surface area (Å²) in [7, 11) is 0. The van der Waals surface area contributed by atoms with Gasteiger partial charge >= 0.3 is 0 Å². The van der Waals surface area contributed by atoms with Crippen LogP contribution in [0.4, 0.5) is 0 Å². The first-order chi connectivity index (χ1) is 9.95. The molecule has 1 aliphatic rings. The Balaban J connectivity index is 2.03. The first-order valence-corrected chi connectivity index (χ1v) is 9.42. The minimum Gasteiger partial charge on any atom is -0.488 e. The van der Waals surface area contributed by atoms with Crippen LogP contribution < -0.4 is 10.1 Å². The highest BCUT2D eigenvalue weighted by molar-refractivity contribution is 9.11. The highest BCUT2D eigenvalue weighted by Gasteiger charge is 2.21. The average molecular weight is 419 g/mol. The molecule has 2 nitrogen and oxygen atoms in total. The zero-order valence-electron chi connectivity index (χ0n) is 13.1. The van der Waals surface area contributed by atoms with E-state index in [1.165, 1.54) is 18.4 Å². The largest absolute Gasteiger partial charge is 0.488 e. The van der Waals surface area contributed by atoms with E-state index in [1.807, 2.05) is 0 Å². The van der Waals surface area contributed by atoms with E-state index in [0.717, 1.165) is 40.0 Å². The first-order valence-electron chi connectivity index (χ1n) is 7.83. The summed E-state index contributed by atoms with van der Waals surface area (Å²) in [6, 6.07) is 4.80. The number of ether oxygens (including phenoxy) is 1. The number of benzene rings is 1. The molecule has 0 bridgehead atoms. The summed E-state index contributed by atoms with van der Waals surface area (Å²) in [5.74, 6) is 1.80. The van der Waals surface area contributed by atoms with Gasteiger partial charge in [-0.25, -0.2) is 0 Å². The summed E-state index contributed by atoms with van der Waals surface area (Å²) >= 11 is 7.32. The van der Waals surface area contributed by atoms with Crippen molar-refractivity contribution in [2.24, 2.45) is 5.92 Å². The van der Waals surface area contributed by atoms with Gasteiger partial charge in [0.1, 0.15) is 5.75 Å². The lowest BCUT2D eigenvalue weighted by molar-refractivity contribution is 0.134. The molecule has 0 aromatic heterocycles. The van der Waals surface area contributed by atoms with Crippen LogP contribution in [0.25, 0.3) is 0 Å². The minimum absolute atomic E-state index is 0.355. The van der Waals surface area contributed by atoms with Crippen molar-refractivity contribution >= 4 is 31.9 Å². The van der Waals surface area contributed by atoms with Crippen LogP contribution in [-0.2, 0) is 6.54 Å². The molecule has 1 aromatic carbocycles. The van der Waals surface area contributed by atoms with E-state index >= 15 is 0 Å². The molecule has 0 radical (unpaired) electrons. The molecule has 1 saturated carbocycles. The second-order valence-electron chi connectivity index (χ2n) is 6.42. The quantitative estimate of drug-likeness (QED) is 0.665. The summed E-state index contributed by atoms with van der Waals surface area (Å²) in [5.41, 5.74) is 1.26. The molecule has 0 amide bonds. The third-order valence-electron chi connectivity index (χ3n) is 4.02. The van der Waals surface area contributed by atoms with Gasteiger partial charge in [-0.2, -0.15) is 0 Å². The number of hydrogen-bond donors (Lipinski definition) is 1.